The van der Waals surface area contributed by atoms with Crippen LogP contribution in [0, 0.1) is 0 Å². The Labute approximate surface area is 161 Å². The van der Waals surface area contributed by atoms with Crippen LogP contribution in [0.15, 0.2) is 75.1 Å². The average Bonchev–Trinajstić information content (AvgIpc) is 3.33. The van der Waals surface area contributed by atoms with Crippen LogP contribution in [0.25, 0.3) is 21.5 Å². The second-order valence-corrected chi connectivity index (χ2v) is 7.83. The van der Waals surface area contributed by atoms with E-state index in [1.165, 1.54) is 11.3 Å². The van der Waals surface area contributed by atoms with E-state index in [4.69, 9.17) is 4.42 Å². The third-order valence-electron chi connectivity index (χ3n) is 3.92. The number of nitrogens with zero attached hydrogens (tertiary/aromatic N) is 2. The highest BCUT2D eigenvalue weighted by Gasteiger charge is 2.09. The predicted octanol–water partition coefficient (Wildman–Crippen LogP) is 4.36. The van der Waals surface area contributed by atoms with Gasteiger partial charge in [-0.2, -0.15) is 5.10 Å². The lowest BCUT2D eigenvalue weighted by atomic mass is 10.2. The van der Waals surface area contributed by atoms with Gasteiger partial charge in [0.15, 0.2) is 16.5 Å². The van der Waals surface area contributed by atoms with E-state index in [0.717, 1.165) is 10.2 Å². The summed E-state index contributed by atoms with van der Waals surface area (Å²) in [5.74, 6) is 1.17. The fourth-order valence-corrected chi connectivity index (χ4v) is 3.83. The van der Waals surface area contributed by atoms with Crippen molar-refractivity contribution >= 4 is 43.1 Å². The zero-order valence-electron chi connectivity index (χ0n) is 14.2. The summed E-state index contributed by atoms with van der Waals surface area (Å²) >= 11 is 1.52. The van der Waals surface area contributed by atoms with Crippen molar-refractivity contribution in [3.05, 3.63) is 66.4 Å². The van der Waals surface area contributed by atoms with Crippen LogP contribution in [0.4, 0.5) is 5.13 Å². The predicted molar refractivity (Wildman–Crippen MR) is 108 cm³/mol. The maximum atomic E-state index is 11.2. The molecule has 136 valence electrons. The Hall–Kier alpha value is -2.97. The summed E-state index contributed by atoms with van der Waals surface area (Å²) in [4.78, 5) is 4.72. The second-order valence-electron chi connectivity index (χ2n) is 5.77. The van der Waals surface area contributed by atoms with E-state index in [1.807, 2.05) is 31.2 Å². The molecule has 27 heavy (non-hydrogen) atoms. The lowest BCUT2D eigenvalue weighted by Crippen LogP contribution is -1.97. The van der Waals surface area contributed by atoms with E-state index in [0.29, 0.717) is 27.9 Å². The molecule has 0 saturated heterocycles. The Morgan fingerprint density at radius 2 is 1.96 bits per heavy atom. The van der Waals surface area contributed by atoms with E-state index in [2.05, 4.69) is 15.5 Å². The molecule has 0 spiro atoms. The van der Waals surface area contributed by atoms with Crippen LogP contribution < -0.4 is 5.43 Å². The van der Waals surface area contributed by atoms with Crippen molar-refractivity contribution in [1.29, 1.82) is 0 Å². The van der Waals surface area contributed by atoms with Gasteiger partial charge in [-0.25, -0.2) is 13.4 Å². The fourth-order valence-electron chi connectivity index (χ4n) is 2.57. The van der Waals surface area contributed by atoms with Gasteiger partial charge in [0.2, 0.25) is 5.13 Å². The van der Waals surface area contributed by atoms with Crippen LogP contribution in [-0.4, -0.2) is 19.1 Å². The standard InChI is InChI=1S/C19H15N3O3S2/c1-12(21-22-19-20-15-7-2-3-8-18(15)26-19)16-9-10-17(25-16)13-5-4-6-14(11-13)27(23)24/h2-11,27H,1H3,(H,20,22)/b21-12+. The smallest absolute Gasteiger partial charge is 0.204 e. The average molecular weight is 397 g/mol. The highest BCUT2D eigenvalue weighted by atomic mass is 32.2. The summed E-state index contributed by atoms with van der Waals surface area (Å²) in [7, 11) is -2.63. The summed E-state index contributed by atoms with van der Waals surface area (Å²) in [6, 6.07) is 18.1. The van der Waals surface area contributed by atoms with Crippen LogP contribution in [0.1, 0.15) is 12.7 Å². The monoisotopic (exact) mass is 397 g/mol. The van der Waals surface area contributed by atoms with Gasteiger partial charge in [-0.3, -0.25) is 5.43 Å². The third kappa shape index (κ3) is 3.76. The Bertz CT molecular complexity index is 1180. The molecule has 2 aromatic carbocycles. The van der Waals surface area contributed by atoms with Crippen molar-refractivity contribution in [2.75, 3.05) is 5.43 Å². The van der Waals surface area contributed by atoms with Crippen LogP contribution in [-0.2, 0) is 10.7 Å². The molecule has 2 aromatic heterocycles. The van der Waals surface area contributed by atoms with E-state index >= 15 is 0 Å². The molecule has 0 radical (unpaired) electrons. The van der Waals surface area contributed by atoms with Crippen molar-refractivity contribution in [2.24, 2.45) is 5.10 Å². The van der Waals surface area contributed by atoms with Gasteiger partial charge in [0.25, 0.3) is 0 Å². The summed E-state index contributed by atoms with van der Waals surface area (Å²) in [5.41, 5.74) is 5.24. The van der Waals surface area contributed by atoms with Crippen molar-refractivity contribution in [2.45, 2.75) is 11.8 Å². The first-order valence-corrected chi connectivity index (χ1v) is 10.1. The summed E-state index contributed by atoms with van der Waals surface area (Å²) < 4.78 is 29.2. The molecule has 4 aromatic rings. The normalized spacial score (nSPS) is 12.0. The zero-order chi connectivity index (χ0) is 18.8. The number of hydrogen-bond acceptors (Lipinski definition) is 7. The zero-order valence-corrected chi connectivity index (χ0v) is 16.0. The number of fused-ring (bicyclic) bond motifs is 1. The number of para-hydroxylation sites is 1. The third-order valence-corrected chi connectivity index (χ3v) is 5.56. The van der Waals surface area contributed by atoms with Gasteiger partial charge >= 0.3 is 0 Å². The number of hydrogen-bond donors (Lipinski definition) is 2. The molecule has 4 rings (SSSR count). The molecule has 0 unspecified atom stereocenters. The number of thiazole rings is 1. The lowest BCUT2D eigenvalue weighted by molar-refractivity contribution is 0.571. The molecule has 0 bridgehead atoms. The molecule has 0 saturated carbocycles. The molecule has 0 aliphatic rings. The van der Waals surface area contributed by atoms with Crippen LogP contribution in [0.3, 0.4) is 0 Å². The first-order chi connectivity index (χ1) is 13.1. The molecule has 0 amide bonds. The van der Waals surface area contributed by atoms with Gasteiger partial charge in [0, 0.05) is 5.56 Å². The van der Waals surface area contributed by atoms with Crippen LogP contribution in [0.2, 0.25) is 0 Å². The maximum absolute atomic E-state index is 11.2. The molecule has 0 aliphatic carbocycles. The Morgan fingerprint density at radius 3 is 2.78 bits per heavy atom. The van der Waals surface area contributed by atoms with E-state index in [1.54, 1.807) is 36.4 Å². The second kappa shape index (κ2) is 7.34. The molecule has 0 aliphatic heterocycles. The summed E-state index contributed by atoms with van der Waals surface area (Å²) in [6.45, 7) is 1.83. The van der Waals surface area contributed by atoms with E-state index < -0.39 is 10.7 Å². The molecular formula is C19H15N3O3S2. The largest absolute Gasteiger partial charge is 0.455 e. The summed E-state index contributed by atoms with van der Waals surface area (Å²) in [5, 5.41) is 5.04. The quantitative estimate of drug-likeness (QED) is 0.297. The maximum Gasteiger partial charge on any atom is 0.204 e. The molecule has 2 heterocycles. The number of nitrogens with one attached hydrogen (secondary N) is 1. The minimum absolute atomic E-state index is 0.253. The molecule has 6 nitrogen and oxygen atoms in total. The van der Waals surface area contributed by atoms with Crippen LogP contribution in [0.5, 0.6) is 0 Å². The Kier molecular flexibility index (Phi) is 4.74. The number of anilines is 1. The molecular weight excluding hydrogens is 382 g/mol. The van der Waals surface area contributed by atoms with Gasteiger partial charge in [-0.05, 0) is 43.3 Å². The SMILES string of the molecule is C/C(=N\Nc1nc2ccccc2s1)c1ccc(-c2cccc([SH](=O)=O)c2)o1. The van der Waals surface area contributed by atoms with Gasteiger partial charge < -0.3 is 4.42 Å². The Morgan fingerprint density at radius 1 is 1.11 bits per heavy atom. The lowest BCUT2D eigenvalue weighted by Gasteiger charge is -1.99. The molecule has 0 fully saturated rings. The molecule has 1 N–H and O–H groups in total. The number of aromatic nitrogens is 1. The molecule has 0 atom stereocenters. The summed E-state index contributed by atoms with van der Waals surface area (Å²) in [6.07, 6.45) is 0. The fraction of sp³-hybridized carbons (Fsp3) is 0.0526. The number of rotatable bonds is 5. The number of benzene rings is 2. The van der Waals surface area contributed by atoms with Crippen molar-refractivity contribution in [3.8, 4) is 11.3 Å². The van der Waals surface area contributed by atoms with Gasteiger partial charge in [-0.15, -0.1) is 0 Å². The van der Waals surface area contributed by atoms with Crippen molar-refractivity contribution in [3.63, 3.8) is 0 Å². The highest BCUT2D eigenvalue weighted by Crippen LogP contribution is 2.26. The first-order valence-electron chi connectivity index (χ1n) is 8.11. The molecule has 8 heteroatoms. The minimum Gasteiger partial charge on any atom is -0.455 e. The number of thiol groups is 1. The van der Waals surface area contributed by atoms with Gasteiger partial charge in [0.1, 0.15) is 11.5 Å². The highest BCUT2D eigenvalue weighted by molar-refractivity contribution is 7.72. The van der Waals surface area contributed by atoms with E-state index in [-0.39, 0.29) is 4.90 Å². The Balaban J connectivity index is 1.55. The minimum atomic E-state index is -2.63. The van der Waals surface area contributed by atoms with Crippen molar-refractivity contribution in [1.82, 2.24) is 4.98 Å². The topological polar surface area (TPSA) is 84.6 Å². The van der Waals surface area contributed by atoms with E-state index in [9.17, 15) is 8.42 Å². The van der Waals surface area contributed by atoms with Crippen LogP contribution >= 0.6 is 11.3 Å². The number of hydrazone groups is 1. The number of furan rings is 1. The first kappa shape index (κ1) is 17.4. The van der Waals surface area contributed by atoms with Crippen molar-refractivity contribution < 1.29 is 12.8 Å². The van der Waals surface area contributed by atoms with Gasteiger partial charge in [0.05, 0.1) is 15.1 Å². The van der Waals surface area contributed by atoms with Gasteiger partial charge in [-0.1, -0.05) is 35.6 Å².